The molecule has 2 rings (SSSR count). The van der Waals surface area contributed by atoms with Crippen molar-refractivity contribution in [1.82, 2.24) is 0 Å². The largest absolute Gasteiger partial charge is 0.415 e. The molecule has 2 heterocycles. The van der Waals surface area contributed by atoms with Gasteiger partial charge >= 0.3 is 5.97 Å². The molecule has 0 aromatic carbocycles. The fourth-order valence-electron chi connectivity index (χ4n) is 2.05. The summed E-state index contributed by atoms with van der Waals surface area (Å²) in [5, 5.41) is 4.59. The van der Waals surface area contributed by atoms with Gasteiger partial charge < -0.3 is 4.74 Å². The molecule has 0 bridgehead atoms. The first-order valence-electron chi connectivity index (χ1n) is 6.02. The Morgan fingerprint density at radius 3 is 2.33 bits per heavy atom. The number of rotatable bonds is 5. The van der Waals surface area contributed by atoms with Gasteiger partial charge in [0.1, 0.15) is 5.41 Å². The van der Waals surface area contributed by atoms with Gasteiger partial charge in [-0.25, -0.2) is 0 Å². The fraction of sp³-hybridized carbons (Fsp3) is 0.357. The van der Waals surface area contributed by atoms with Crippen LogP contribution in [-0.4, -0.2) is 5.97 Å². The summed E-state index contributed by atoms with van der Waals surface area (Å²) < 4.78 is 5.51. The van der Waals surface area contributed by atoms with Crippen LogP contribution in [0.25, 0.3) is 0 Å². The molecule has 0 radical (unpaired) electrons. The summed E-state index contributed by atoms with van der Waals surface area (Å²) >= 11 is 3.07. The molecule has 0 saturated carbocycles. The maximum Gasteiger partial charge on any atom is 0.323 e. The molecule has 0 unspecified atom stereocenters. The Hall–Kier alpha value is -1.13. The Morgan fingerprint density at radius 1 is 1.17 bits per heavy atom. The Kier molecular flexibility index (Phi) is 4.19. The van der Waals surface area contributed by atoms with E-state index in [-0.39, 0.29) is 5.97 Å². The van der Waals surface area contributed by atoms with Crippen molar-refractivity contribution in [2.24, 2.45) is 0 Å². The molecule has 18 heavy (non-hydrogen) atoms. The lowest BCUT2D eigenvalue weighted by molar-refractivity contribution is -0.141. The molecule has 0 atom stereocenters. The highest BCUT2D eigenvalue weighted by molar-refractivity contribution is 7.12. The van der Waals surface area contributed by atoms with Gasteiger partial charge in [0.2, 0.25) is 0 Å². The van der Waals surface area contributed by atoms with Crippen molar-refractivity contribution >= 4 is 28.6 Å². The standard InChI is InChI=1S/C14H16O2S2/c1-3-14(4-2,11-7-5-9-17-11)13(15)16-12-8-6-10-18-12/h5-10H,3-4H2,1-2H3. The van der Waals surface area contributed by atoms with Crippen LogP contribution >= 0.6 is 22.7 Å². The number of carbonyl (C=O) groups excluding carboxylic acids is 1. The zero-order valence-electron chi connectivity index (χ0n) is 10.5. The first-order valence-corrected chi connectivity index (χ1v) is 7.78. The quantitative estimate of drug-likeness (QED) is 0.755. The predicted molar refractivity (Wildman–Crippen MR) is 76.5 cm³/mol. The molecule has 2 aromatic rings. The van der Waals surface area contributed by atoms with E-state index in [9.17, 15) is 4.79 Å². The van der Waals surface area contributed by atoms with Crippen molar-refractivity contribution in [1.29, 1.82) is 0 Å². The monoisotopic (exact) mass is 280 g/mol. The Bertz CT molecular complexity index is 482. The van der Waals surface area contributed by atoms with E-state index >= 15 is 0 Å². The van der Waals surface area contributed by atoms with Crippen molar-refractivity contribution in [3.8, 4) is 5.06 Å². The van der Waals surface area contributed by atoms with Crippen molar-refractivity contribution in [3.05, 3.63) is 39.9 Å². The minimum absolute atomic E-state index is 0.141. The van der Waals surface area contributed by atoms with Crippen LogP contribution in [-0.2, 0) is 10.2 Å². The normalized spacial score (nSPS) is 11.4. The summed E-state index contributed by atoms with van der Waals surface area (Å²) in [7, 11) is 0. The van der Waals surface area contributed by atoms with Gasteiger partial charge in [-0.15, -0.1) is 22.7 Å². The Morgan fingerprint density at radius 2 is 1.83 bits per heavy atom. The van der Waals surface area contributed by atoms with Gasteiger partial charge in [0.25, 0.3) is 0 Å². The van der Waals surface area contributed by atoms with Gasteiger partial charge in [0.15, 0.2) is 5.06 Å². The highest BCUT2D eigenvalue weighted by Crippen LogP contribution is 2.37. The molecule has 0 N–H and O–H groups in total. The zero-order chi connectivity index (χ0) is 13.0. The Balaban J connectivity index is 2.27. The van der Waals surface area contributed by atoms with Crippen LogP contribution in [0, 0.1) is 0 Å². The van der Waals surface area contributed by atoms with E-state index in [2.05, 4.69) is 0 Å². The van der Waals surface area contributed by atoms with Gasteiger partial charge in [-0.1, -0.05) is 19.9 Å². The van der Waals surface area contributed by atoms with E-state index in [0.29, 0.717) is 5.06 Å². The number of esters is 1. The third-order valence-electron chi connectivity index (χ3n) is 3.28. The molecule has 2 aromatic heterocycles. The van der Waals surface area contributed by atoms with Crippen LogP contribution in [0.5, 0.6) is 5.06 Å². The molecular weight excluding hydrogens is 264 g/mol. The maximum absolute atomic E-state index is 12.5. The van der Waals surface area contributed by atoms with Gasteiger partial charge in [-0.2, -0.15) is 0 Å². The minimum Gasteiger partial charge on any atom is -0.415 e. The summed E-state index contributed by atoms with van der Waals surface area (Å²) in [5.41, 5.74) is -0.502. The molecule has 0 aliphatic carbocycles. The van der Waals surface area contributed by atoms with Crippen LogP contribution in [0.1, 0.15) is 31.6 Å². The lowest BCUT2D eigenvalue weighted by Crippen LogP contribution is -2.37. The van der Waals surface area contributed by atoms with Crippen molar-refractivity contribution < 1.29 is 9.53 Å². The number of thiophene rings is 2. The van der Waals surface area contributed by atoms with Crippen molar-refractivity contribution in [2.75, 3.05) is 0 Å². The van der Waals surface area contributed by atoms with Crippen LogP contribution in [0.3, 0.4) is 0 Å². The van der Waals surface area contributed by atoms with Gasteiger partial charge in [-0.3, -0.25) is 4.79 Å². The van der Waals surface area contributed by atoms with Crippen LogP contribution in [0.15, 0.2) is 35.0 Å². The lowest BCUT2D eigenvalue weighted by atomic mass is 9.81. The minimum atomic E-state index is -0.502. The average molecular weight is 280 g/mol. The second kappa shape index (κ2) is 5.67. The van der Waals surface area contributed by atoms with Gasteiger partial charge in [-0.05, 0) is 41.8 Å². The maximum atomic E-state index is 12.5. The second-order valence-electron chi connectivity index (χ2n) is 4.09. The average Bonchev–Trinajstić information content (AvgIpc) is 3.04. The molecule has 0 aliphatic heterocycles. The molecule has 0 aliphatic rings. The van der Waals surface area contributed by atoms with E-state index in [0.717, 1.165) is 17.7 Å². The highest BCUT2D eigenvalue weighted by Gasteiger charge is 2.39. The smallest absolute Gasteiger partial charge is 0.323 e. The van der Waals surface area contributed by atoms with Crippen LogP contribution in [0.2, 0.25) is 0 Å². The number of carbonyl (C=O) groups is 1. The van der Waals surface area contributed by atoms with Crippen molar-refractivity contribution in [2.45, 2.75) is 32.1 Å². The third kappa shape index (κ3) is 2.35. The first kappa shape index (κ1) is 13.3. The Labute approximate surface area is 115 Å². The second-order valence-corrected chi connectivity index (χ2v) is 5.95. The summed E-state index contributed by atoms with van der Waals surface area (Å²) in [6.45, 7) is 4.08. The molecule has 2 nitrogen and oxygen atoms in total. The molecule has 0 spiro atoms. The molecule has 0 amide bonds. The van der Waals surface area contributed by atoms with Crippen LogP contribution in [0.4, 0.5) is 0 Å². The van der Waals surface area contributed by atoms with E-state index in [4.69, 9.17) is 4.74 Å². The van der Waals surface area contributed by atoms with Gasteiger partial charge in [0, 0.05) is 4.88 Å². The molecule has 4 heteroatoms. The molecule has 0 saturated heterocycles. The van der Waals surface area contributed by atoms with Crippen molar-refractivity contribution in [3.63, 3.8) is 0 Å². The van der Waals surface area contributed by atoms with E-state index in [1.54, 1.807) is 11.3 Å². The third-order valence-corrected chi connectivity index (χ3v) is 5.10. The fourth-order valence-corrected chi connectivity index (χ4v) is 3.68. The topological polar surface area (TPSA) is 26.3 Å². The van der Waals surface area contributed by atoms with E-state index in [1.165, 1.54) is 11.3 Å². The van der Waals surface area contributed by atoms with Crippen LogP contribution < -0.4 is 4.74 Å². The SMILES string of the molecule is CCC(CC)(C(=O)Oc1cccs1)c1cccs1. The lowest BCUT2D eigenvalue weighted by Gasteiger charge is -2.27. The predicted octanol–water partition coefficient (Wildman–Crippen LogP) is 4.47. The van der Waals surface area contributed by atoms with E-state index < -0.39 is 5.41 Å². The first-order chi connectivity index (χ1) is 8.73. The summed E-state index contributed by atoms with van der Waals surface area (Å²) in [5.74, 6) is -0.141. The molecule has 0 fully saturated rings. The molecular formula is C14H16O2S2. The summed E-state index contributed by atoms with van der Waals surface area (Å²) in [6.07, 6.45) is 1.52. The summed E-state index contributed by atoms with van der Waals surface area (Å²) in [4.78, 5) is 13.6. The number of ether oxygens (including phenoxy) is 1. The number of hydrogen-bond donors (Lipinski definition) is 0. The zero-order valence-corrected chi connectivity index (χ0v) is 12.1. The molecule has 96 valence electrons. The number of hydrogen-bond acceptors (Lipinski definition) is 4. The highest BCUT2D eigenvalue weighted by atomic mass is 32.1. The van der Waals surface area contributed by atoms with E-state index in [1.807, 2.05) is 48.9 Å². The van der Waals surface area contributed by atoms with Gasteiger partial charge in [0.05, 0.1) is 0 Å². The summed E-state index contributed by atoms with van der Waals surface area (Å²) in [6, 6.07) is 7.72.